The number of hydrogen-bond acceptors (Lipinski definition) is 20. The maximum absolute atomic E-state index is 13.0. The summed E-state index contributed by atoms with van der Waals surface area (Å²) in [6, 6.07) is 12.3. The highest BCUT2D eigenvalue weighted by Gasteiger charge is 2.53. The first-order chi connectivity index (χ1) is 42.5. The van der Waals surface area contributed by atoms with Gasteiger partial charge in [-0.25, -0.2) is 17.9 Å². The standard InChI is InChI=1S/C20H25NO2S3.C16H29NO2S3.C10H17NOS2.2C10H19NOS2.CH4/c1-14(22)20(24-11-12-25-20)18(21-26(23)19(2,3)4)17-10-9-15-7-5-6-8-16(15)13-17;1-5-6-13(17-22(19)15(2,3)4)16(20-9-10-21-16)14(18)11-12-7-8-12;1-7(12)10(13-4-5-14-10)9(11)6-8-2-3-8;2*1-7(2)6-9(11)10(8(3)12)13-4-5-14-10;/h5-10,13,18,21H,11-12H2,1-4H3;12-13,17H,5-11H2,1-4H3;8-9H,2-6,11H2,1H3;2*7,9H,4-6,11H2,1-3H3;1H4/t18-,26?;13-,22?;3*9-;/m00000./s1/i18D;;;;;. The Morgan fingerprint density at radius 1 is 0.538 bits per heavy atom. The molecule has 0 amide bonds. The van der Waals surface area contributed by atoms with Crippen molar-refractivity contribution in [3.05, 3.63) is 48.0 Å². The number of nitrogens with two attached hydrogens (primary N) is 3. The van der Waals surface area contributed by atoms with Crippen LogP contribution in [0, 0.1) is 23.7 Å². The minimum atomic E-state index is -1.51. The van der Waals surface area contributed by atoms with E-state index in [-0.39, 0.29) is 71.7 Å². The summed E-state index contributed by atoms with van der Waals surface area (Å²) in [5.41, 5.74) is 19.2. The van der Waals surface area contributed by atoms with Gasteiger partial charge in [0, 0.05) is 82.1 Å². The fraction of sp³-hybridized carbons (Fsp3) is 0.776. The quantitative estimate of drug-likeness (QED) is 0.0623. The van der Waals surface area contributed by atoms with Crippen LogP contribution in [0.1, 0.15) is 188 Å². The molecule has 2 unspecified atom stereocenters. The number of nitrogens with one attached hydrogen (secondary N) is 2. The zero-order valence-corrected chi connectivity index (χ0v) is 66.1. The molecule has 9 rings (SSSR count). The summed E-state index contributed by atoms with van der Waals surface area (Å²) < 4.78 is 38.1. The second-order valence-electron chi connectivity index (χ2n) is 27.1. The van der Waals surface area contributed by atoms with E-state index in [1.54, 1.807) is 115 Å². The molecule has 0 bridgehead atoms. The van der Waals surface area contributed by atoms with Crippen LogP contribution in [0.2, 0.25) is 0 Å². The Morgan fingerprint density at radius 3 is 1.24 bits per heavy atom. The summed E-state index contributed by atoms with van der Waals surface area (Å²) in [5, 5.41) is 2.07. The Bertz CT molecular complexity index is 2670. The monoisotopic (exact) mass is 1480 g/mol. The Hall–Kier alpha value is 0.650. The predicted molar refractivity (Wildman–Crippen MR) is 418 cm³/mol. The molecule has 0 spiro atoms. The molecule has 7 fully saturated rings. The number of ketones is 5. The van der Waals surface area contributed by atoms with Gasteiger partial charge in [0.2, 0.25) is 0 Å². The molecule has 2 aromatic rings. The molecule has 24 heteroatoms. The molecule has 12 nitrogen and oxygen atoms in total. The van der Waals surface area contributed by atoms with Crippen LogP contribution in [0.25, 0.3) is 10.8 Å². The van der Waals surface area contributed by atoms with Crippen LogP contribution in [-0.2, 0) is 45.9 Å². The van der Waals surface area contributed by atoms with E-state index in [0.717, 1.165) is 106 Å². The van der Waals surface area contributed by atoms with Gasteiger partial charge < -0.3 is 17.2 Å². The maximum atomic E-state index is 13.0. The lowest BCUT2D eigenvalue weighted by molar-refractivity contribution is -0.120. The maximum Gasteiger partial charge on any atom is 0.160 e. The Balaban J connectivity index is 0.000000252. The van der Waals surface area contributed by atoms with Gasteiger partial charge in [-0.15, -0.1) is 118 Å². The van der Waals surface area contributed by atoms with Crippen LogP contribution in [0.5, 0.6) is 0 Å². The van der Waals surface area contributed by atoms with Gasteiger partial charge in [0.25, 0.3) is 0 Å². The molecular formula is C67H113N5O7S12. The van der Waals surface area contributed by atoms with Crippen LogP contribution in [0.4, 0.5) is 0 Å². The van der Waals surface area contributed by atoms with Crippen LogP contribution < -0.4 is 26.6 Å². The van der Waals surface area contributed by atoms with E-state index in [2.05, 4.69) is 44.1 Å². The Labute approximate surface area is 598 Å². The summed E-state index contributed by atoms with van der Waals surface area (Å²) >= 11 is 17.0. The first kappa shape index (κ1) is 82.3. The van der Waals surface area contributed by atoms with Gasteiger partial charge in [-0.2, -0.15) is 0 Å². The van der Waals surface area contributed by atoms with E-state index in [1.807, 2.05) is 84.0 Å². The number of Topliss-reactive ketones (excluding diaryl/α,β-unsaturated/α-hetero) is 5. The average molecular weight is 1490 g/mol. The number of thioether (sulfide) groups is 10. The number of rotatable bonds is 25. The summed E-state index contributed by atoms with van der Waals surface area (Å²) in [6.45, 7) is 28.9. The van der Waals surface area contributed by atoms with Crippen molar-refractivity contribution in [3.63, 3.8) is 0 Å². The molecule has 8 N–H and O–H groups in total. The summed E-state index contributed by atoms with van der Waals surface area (Å²) in [7, 11) is -2.63. The van der Waals surface area contributed by atoms with Crippen LogP contribution in [0.3, 0.4) is 0 Å². The molecule has 2 saturated carbocycles. The highest BCUT2D eigenvalue weighted by molar-refractivity contribution is 8.24. The van der Waals surface area contributed by atoms with Crippen LogP contribution >= 0.6 is 118 Å². The highest BCUT2D eigenvalue weighted by Crippen LogP contribution is 2.55. The summed E-state index contributed by atoms with van der Waals surface area (Å²) in [5.74, 6) is 13.5. The minimum absolute atomic E-state index is 0. The lowest BCUT2D eigenvalue weighted by Gasteiger charge is -2.36. The van der Waals surface area contributed by atoms with E-state index in [4.69, 9.17) is 17.2 Å². The normalized spacial score (nSPS) is 23.1. The van der Waals surface area contributed by atoms with Gasteiger partial charge in [0.1, 0.15) is 20.4 Å². The van der Waals surface area contributed by atoms with E-state index in [9.17, 15) is 33.8 Å². The molecule has 0 aromatic heterocycles. The molecule has 7 atom stereocenters. The number of carbonyl (C=O) groups excluding carboxylic acids is 5. The van der Waals surface area contributed by atoms with Crippen molar-refractivity contribution in [2.45, 2.75) is 236 Å². The molecular weight excluding hydrogens is 1370 g/mol. The molecule has 520 valence electrons. The predicted octanol–water partition coefficient (Wildman–Crippen LogP) is 15.2. The molecule has 5 heterocycles. The smallest absolute Gasteiger partial charge is 0.160 e. The lowest BCUT2D eigenvalue weighted by atomic mass is 9.98. The molecule has 2 aromatic carbocycles. The minimum Gasteiger partial charge on any atom is -0.325 e. The van der Waals surface area contributed by atoms with Gasteiger partial charge >= 0.3 is 0 Å². The first-order valence-electron chi connectivity index (χ1n) is 32.6. The van der Waals surface area contributed by atoms with Gasteiger partial charge in [-0.05, 0) is 154 Å². The van der Waals surface area contributed by atoms with Crippen LogP contribution in [0.15, 0.2) is 42.5 Å². The van der Waals surface area contributed by atoms with Crippen molar-refractivity contribution in [2.75, 3.05) is 57.5 Å². The second kappa shape index (κ2) is 37.9. The summed E-state index contributed by atoms with van der Waals surface area (Å²) in [6.07, 6.45) is 10.6. The zero-order chi connectivity index (χ0) is 68.0. The highest BCUT2D eigenvalue weighted by atomic mass is 32.2. The van der Waals surface area contributed by atoms with E-state index < -0.39 is 40.9 Å². The van der Waals surface area contributed by atoms with Crippen molar-refractivity contribution < 1.29 is 33.8 Å². The van der Waals surface area contributed by atoms with E-state index in [0.29, 0.717) is 35.5 Å². The van der Waals surface area contributed by atoms with Crippen LogP contribution in [-0.4, -0.2) is 149 Å². The third kappa shape index (κ3) is 23.4. The SMILES string of the molecule is C.CC(=O)C1([C@@H](N)CC(C)C)SCCS1.CC(=O)C1([C@@H](N)CC(C)C)SCCS1.CC(=O)C1([C@@H](N)CC2CC2)SCCS1.CCC[C@H](NS(=O)C(C)(C)C)C1(C(=O)CC2CC2)SCCS1.[2H][C@](NS(=O)C(C)(C)C)(c1ccc2ccccc2c1)C1(C(C)=O)SCCS1. The fourth-order valence-corrected chi connectivity index (χ4v) is 28.8. The number of fused-ring (bicyclic) bond motifs is 1. The topological polar surface area (TPSA) is 222 Å². The summed E-state index contributed by atoms with van der Waals surface area (Å²) in [4.78, 5) is 60.8. The largest absolute Gasteiger partial charge is 0.325 e. The van der Waals surface area contributed by atoms with Gasteiger partial charge in [-0.1, -0.05) is 97.7 Å². The van der Waals surface area contributed by atoms with E-state index in [1.165, 1.54) is 56.1 Å². The Morgan fingerprint density at radius 2 is 0.890 bits per heavy atom. The number of benzene rings is 2. The van der Waals surface area contributed by atoms with Crippen molar-refractivity contribution in [1.29, 1.82) is 0 Å². The molecule has 91 heavy (non-hydrogen) atoms. The van der Waals surface area contributed by atoms with Crippen molar-refractivity contribution in [1.82, 2.24) is 9.44 Å². The van der Waals surface area contributed by atoms with E-state index >= 15 is 0 Å². The van der Waals surface area contributed by atoms with Crippen molar-refractivity contribution in [2.24, 2.45) is 40.9 Å². The molecule has 0 radical (unpaired) electrons. The van der Waals surface area contributed by atoms with Crippen molar-refractivity contribution >= 4 is 179 Å². The van der Waals surface area contributed by atoms with Gasteiger partial charge in [-0.3, -0.25) is 24.0 Å². The fourth-order valence-electron chi connectivity index (χ4n) is 11.0. The average Bonchev–Trinajstić information content (AvgIpc) is 1.20. The van der Waals surface area contributed by atoms with Gasteiger partial charge in [0.15, 0.2) is 28.9 Å². The Kier molecular flexibility index (Phi) is 34.3. The van der Waals surface area contributed by atoms with Crippen molar-refractivity contribution in [3.8, 4) is 0 Å². The lowest BCUT2D eigenvalue weighted by Crippen LogP contribution is -2.53. The third-order valence-electron chi connectivity index (χ3n) is 16.2. The molecule has 5 aliphatic heterocycles. The third-order valence-corrected chi connectivity index (χ3v) is 38.0. The molecule has 2 aliphatic carbocycles. The zero-order valence-electron chi connectivity index (χ0n) is 57.3. The van der Waals surface area contributed by atoms with Gasteiger partial charge in [0.05, 0.1) is 44.9 Å². The number of hydrogen-bond donors (Lipinski definition) is 5. The molecule has 5 saturated heterocycles. The molecule has 7 aliphatic rings. The second-order valence-corrected chi connectivity index (χ2v) is 45.7. The number of carbonyl (C=O) groups is 5. The first-order valence-corrected chi connectivity index (χ1v) is 44.3.